The molecule has 0 amide bonds. The Bertz CT molecular complexity index is 344. The summed E-state index contributed by atoms with van der Waals surface area (Å²) in [5, 5.41) is 19.0. The van der Waals surface area contributed by atoms with Crippen molar-refractivity contribution in [2.75, 3.05) is 0 Å². The molecule has 0 saturated carbocycles. The van der Waals surface area contributed by atoms with E-state index in [1.54, 1.807) is 11.4 Å². The molecule has 6 heteroatoms. The fraction of sp³-hybridized carbons (Fsp3) is 0.167. The lowest BCUT2D eigenvalue weighted by atomic mass is 10.2. The normalized spacial score (nSPS) is 12.0. The van der Waals surface area contributed by atoms with Crippen molar-refractivity contribution in [3.05, 3.63) is 15.0 Å². The van der Waals surface area contributed by atoms with Gasteiger partial charge in [-0.05, 0) is 15.9 Å². The molecule has 1 aromatic heterocycles. The van der Waals surface area contributed by atoms with Crippen LogP contribution in [0.2, 0.25) is 0 Å². The molecule has 0 bridgehead atoms. The highest BCUT2D eigenvalue weighted by molar-refractivity contribution is 9.10. The minimum Gasteiger partial charge on any atom is -0.480 e. The molecule has 12 heavy (non-hydrogen) atoms. The maximum atomic E-state index is 10.5. The van der Waals surface area contributed by atoms with E-state index >= 15 is 0 Å². The molecule has 1 heterocycles. The molecule has 0 fully saturated rings. The lowest BCUT2D eigenvalue weighted by Crippen LogP contribution is -2.08. The molecule has 1 unspecified atom stereocenters. The van der Waals surface area contributed by atoms with Gasteiger partial charge in [-0.2, -0.15) is 5.26 Å². The number of carboxylic acids is 1. The third-order valence-electron chi connectivity index (χ3n) is 1.12. The highest BCUT2D eigenvalue weighted by Crippen LogP contribution is 2.22. The minimum atomic E-state index is -1.17. The van der Waals surface area contributed by atoms with Crippen LogP contribution in [0, 0.1) is 11.3 Å². The third-order valence-corrected chi connectivity index (χ3v) is 2.74. The molecule has 1 atom stereocenters. The second kappa shape index (κ2) is 3.65. The summed E-state index contributed by atoms with van der Waals surface area (Å²) in [5.41, 5.74) is 0. The molecule has 0 aliphatic carbocycles. The quantitative estimate of drug-likeness (QED) is 0.861. The molecule has 62 valence electrons. The molecular weight excluding hydrogens is 244 g/mol. The summed E-state index contributed by atoms with van der Waals surface area (Å²) in [5.74, 6) is -2.32. The van der Waals surface area contributed by atoms with Crippen molar-refractivity contribution in [2.24, 2.45) is 0 Å². The maximum absolute atomic E-state index is 10.5. The Balaban J connectivity index is 2.97. The predicted octanol–water partition coefficient (Wildman–Crippen LogP) is 1.60. The first-order valence-corrected chi connectivity index (χ1v) is 4.55. The number of halogens is 1. The number of hydrogen-bond acceptors (Lipinski definition) is 4. The van der Waals surface area contributed by atoms with Crippen LogP contribution in [0.25, 0.3) is 0 Å². The van der Waals surface area contributed by atoms with Crippen molar-refractivity contribution >= 4 is 33.2 Å². The van der Waals surface area contributed by atoms with Crippen LogP contribution in [-0.2, 0) is 4.79 Å². The van der Waals surface area contributed by atoms with Crippen molar-refractivity contribution in [2.45, 2.75) is 5.92 Å². The lowest BCUT2D eigenvalue weighted by molar-refractivity contribution is -0.137. The van der Waals surface area contributed by atoms with Gasteiger partial charge in [0.25, 0.3) is 0 Å². The van der Waals surface area contributed by atoms with Gasteiger partial charge >= 0.3 is 5.97 Å². The fourth-order valence-corrected chi connectivity index (χ4v) is 1.92. The Labute approximate surface area is 80.6 Å². The van der Waals surface area contributed by atoms with E-state index in [9.17, 15) is 4.79 Å². The average molecular weight is 247 g/mol. The smallest absolute Gasteiger partial charge is 0.328 e. The van der Waals surface area contributed by atoms with Gasteiger partial charge in [0, 0.05) is 5.38 Å². The summed E-state index contributed by atoms with van der Waals surface area (Å²) in [4.78, 5) is 14.3. The van der Waals surface area contributed by atoms with E-state index in [0.29, 0.717) is 9.61 Å². The van der Waals surface area contributed by atoms with Crippen LogP contribution in [-0.4, -0.2) is 16.1 Å². The van der Waals surface area contributed by atoms with Crippen molar-refractivity contribution in [3.63, 3.8) is 0 Å². The summed E-state index contributed by atoms with van der Waals surface area (Å²) in [6, 6.07) is 1.66. The van der Waals surface area contributed by atoms with E-state index in [1.165, 1.54) is 0 Å². The van der Waals surface area contributed by atoms with Crippen LogP contribution in [0.1, 0.15) is 10.9 Å². The van der Waals surface area contributed by atoms with Gasteiger partial charge in [0.1, 0.15) is 9.61 Å². The number of carbonyl (C=O) groups is 1. The lowest BCUT2D eigenvalue weighted by Gasteiger charge is -1.95. The van der Waals surface area contributed by atoms with Crippen LogP contribution >= 0.6 is 27.3 Å². The van der Waals surface area contributed by atoms with E-state index < -0.39 is 11.9 Å². The van der Waals surface area contributed by atoms with Gasteiger partial charge < -0.3 is 5.11 Å². The van der Waals surface area contributed by atoms with Crippen LogP contribution in [0.5, 0.6) is 0 Å². The Hall–Kier alpha value is -0.930. The molecule has 0 aliphatic rings. The largest absolute Gasteiger partial charge is 0.480 e. The molecule has 1 rings (SSSR count). The standard InChI is InChI=1S/C6H3BrN2O2S/c7-4-2-12-5(9-4)3(1-8)6(10)11/h2-3H,(H,10,11). The van der Waals surface area contributed by atoms with Crippen LogP contribution < -0.4 is 0 Å². The number of thiazole rings is 1. The number of hydrogen-bond donors (Lipinski definition) is 1. The summed E-state index contributed by atoms with van der Waals surface area (Å²) >= 11 is 4.22. The van der Waals surface area contributed by atoms with Crippen LogP contribution in [0.4, 0.5) is 0 Å². The zero-order chi connectivity index (χ0) is 9.14. The fourth-order valence-electron chi connectivity index (χ4n) is 0.616. The number of aliphatic carboxylic acids is 1. The number of aromatic nitrogens is 1. The SMILES string of the molecule is N#CC(C(=O)O)c1nc(Br)cs1. The second-order valence-electron chi connectivity index (χ2n) is 1.91. The Morgan fingerprint density at radius 1 is 1.92 bits per heavy atom. The zero-order valence-corrected chi connectivity index (χ0v) is 8.09. The molecule has 0 aliphatic heterocycles. The van der Waals surface area contributed by atoms with E-state index in [4.69, 9.17) is 10.4 Å². The van der Waals surface area contributed by atoms with Gasteiger partial charge in [-0.25, -0.2) is 4.98 Å². The zero-order valence-electron chi connectivity index (χ0n) is 5.69. The molecule has 4 nitrogen and oxygen atoms in total. The van der Waals surface area contributed by atoms with Crippen LogP contribution in [0.3, 0.4) is 0 Å². The van der Waals surface area contributed by atoms with Gasteiger partial charge in [0.15, 0.2) is 5.92 Å². The molecule has 1 N–H and O–H groups in total. The highest BCUT2D eigenvalue weighted by Gasteiger charge is 2.22. The van der Waals surface area contributed by atoms with Gasteiger partial charge in [0.2, 0.25) is 0 Å². The third kappa shape index (κ3) is 1.81. The first kappa shape index (κ1) is 9.16. The highest BCUT2D eigenvalue weighted by atomic mass is 79.9. The first-order valence-electron chi connectivity index (χ1n) is 2.88. The number of rotatable bonds is 2. The van der Waals surface area contributed by atoms with Gasteiger partial charge in [-0.1, -0.05) is 0 Å². The predicted molar refractivity (Wildman–Crippen MR) is 45.8 cm³/mol. The number of nitrogens with zero attached hydrogens (tertiary/aromatic N) is 2. The average Bonchev–Trinajstić information content (AvgIpc) is 2.37. The summed E-state index contributed by atoms with van der Waals surface area (Å²) in [7, 11) is 0. The molecular formula is C6H3BrN2O2S. The maximum Gasteiger partial charge on any atom is 0.328 e. The van der Waals surface area contributed by atoms with Crippen molar-refractivity contribution in [1.29, 1.82) is 5.26 Å². The first-order chi connectivity index (χ1) is 5.65. The molecule has 0 radical (unpaired) electrons. The van der Waals surface area contributed by atoms with E-state index in [1.807, 2.05) is 0 Å². The van der Waals surface area contributed by atoms with E-state index in [0.717, 1.165) is 11.3 Å². The second-order valence-corrected chi connectivity index (χ2v) is 3.61. The van der Waals surface area contributed by atoms with Crippen molar-refractivity contribution < 1.29 is 9.90 Å². The minimum absolute atomic E-state index is 0.303. The summed E-state index contributed by atoms with van der Waals surface area (Å²) < 4.78 is 0.559. The monoisotopic (exact) mass is 246 g/mol. The summed E-state index contributed by atoms with van der Waals surface area (Å²) in [6.45, 7) is 0. The van der Waals surface area contributed by atoms with Crippen molar-refractivity contribution in [3.8, 4) is 6.07 Å². The Morgan fingerprint density at radius 2 is 2.58 bits per heavy atom. The van der Waals surface area contributed by atoms with Gasteiger partial charge in [-0.3, -0.25) is 4.79 Å². The number of carboxylic acid groups (broad SMARTS) is 1. The molecule has 0 spiro atoms. The molecule has 1 aromatic rings. The molecule has 0 aromatic carbocycles. The van der Waals surface area contributed by atoms with E-state index in [2.05, 4.69) is 20.9 Å². The number of nitriles is 1. The van der Waals surface area contributed by atoms with E-state index in [-0.39, 0.29) is 0 Å². The topological polar surface area (TPSA) is 74.0 Å². The molecule has 0 saturated heterocycles. The summed E-state index contributed by atoms with van der Waals surface area (Å²) in [6.07, 6.45) is 0. The Morgan fingerprint density at radius 3 is 2.92 bits per heavy atom. The Kier molecular flexibility index (Phi) is 2.78. The van der Waals surface area contributed by atoms with Crippen LogP contribution in [0.15, 0.2) is 9.98 Å². The van der Waals surface area contributed by atoms with Gasteiger partial charge in [0.05, 0.1) is 6.07 Å². The van der Waals surface area contributed by atoms with Gasteiger partial charge in [-0.15, -0.1) is 11.3 Å². The van der Waals surface area contributed by atoms with Crippen molar-refractivity contribution in [1.82, 2.24) is 4.98 Å².